The molecule has 1 aromatic heterocycles. The molecule has 3 aromatic rings. The van der Waals surface area contributed by atoms with Crippen LogP contribution in [0.5, 0.6) is 5.75 Å². The SMILES string of the molecule is Cc1c(OC(=O)[C@H]2CCCN2C(=O)OC(C)(C)C)ccc2c1oc(=O)c1ccccc12. The molecule has 0 aliphatic carbocycles. The Hall–Kier alpha value is -3.35. The maximum atomic E-state index is 12.9. The molecule has 2 heterocycles. The quantitative estimate of drug-likeness (QED) is 0.260. The number of amides is 1. The first-order chi connectivity index (χ1) is 14.7. The number of benzene rings is 2. The van der Waals surface area contributed by atoms with Gasteiger partial charge in [-0.2, -0.15) is 0 Å². The van der Waals surface area contributed by atoms with Crippen molar-refractivity contribution in [1.82, 2.24) is 4.90 Å². The van der Waals surface area contributed by atoms with Gasteiger partial charge in [-0.05, 0) is 64.1 Å². The molecule has 1 amide bonds. The van der Waals surface area contributed by atoms with E-state index in [9.17, 15) is 14.4 Å². The smallest absolute Gasteiger partial charge is 0.411 e. The molecule has 162 valence electrons. The summed E-state index contributed by atoms with van der Waals surface area (Å²) in [6.45, 7) is 7.52. The van der Waals surface area contributed by atoms with E-state index in [0.29, 0.717) is 41.7 Å². The van der Waals surface area contributed by atoms with E-state index < -0.39 is 29.3 Å². The molecule has 1 saturated heterocycles. The summed E-state index contributed by atoms with van der Waals surface area (Å²) in [6, 6.07) is 9.97. The first kappa shape index (κ1) is 20.9. The Morgan fingerprint density at radius 1 is 1.06 bits per heavy atom. The fraction of sp³-hybridized carbons (Fsp3) is 0.375. The monoisotopic (exact) mass is 423 g/mol. The Bertz CT molecular complexity index is 1240. The van der Waals surface area contributed by atoms with Crippen LogP contribution in [0.3, 0.4) is 0 Å². The zero-order valence-corrected chi connectivity index (χ0v) is 18.1. The lowest BCUT2D eigenvalue weighted by Crippen LogP contribution is -2.44. The number of rotatable bonds is 2. The van der Waals surface area contributed by atoms with Gasteiger partial charge in [0.05, 0.1) is 5.39 Å². The normalized spacial score (nSPS) is 16.6. The van der Waals surface area contributed by atoms with Gasteiger partial charge in [-0.25, -0.2) is 14.4 Å². The zero-order chi connectivity index (χ0) is 22.3. The highest BCUT2D eigenvalue weighted by Crippen LogP contribution is 2.32. The Balaban J connectivity index is 1.63. The third-order valence-corrected chi connectivity index (χ3v) is 5.35. The minimum Gasteiger partial charge on any atom is -0.444 e. The van der Waals surface area contributed by atoms with Crippen LogP contribution < -0.4 is 10.4 Å². The van der Waals surface area contributed by atoms with Crippen LogP contribution in [-0.4, -0.2) is 35.2 Å². The molecule has 0 radical (unpaired) electrons. The van der Waals surface area contributed by atoms with E-state index >= 15 is 0 Å². The number of carbonyl (C=O) groups excluding carboxylic acids is 2. The molecule has 7 heteroatoms. The second-order valence-corrected chi connectivity index (χ2v) is 8.75. The van der Waals surface area contributed by atoms with Crippen molar-refractivity contribution >= 4 is 33.8 Å². The lowest BCUT2D eigenvalue weighted by atomic mass is 10.0. The molecular weight excluding hydrogens is 398 g/mol. The van der Waals surface area contributed by atoms with Crippen molar-refractivity contribution in [2.24, 2.45) is 0 Å². The van der Waals surface area contributed by atoms with Crippen molar-refractivity contribution in [3.63, 3.8) is 0 Å². The molecule has 0 unspecified atom stereocenters. The lowest BCUT2D eigenvalue weighted by molar-refractivity contribution is -0.139. The first-order valence-electron chi connectivity index (χ1n) is 10.3. The van der Waals surface area contributed by atoms with Gasteiger partial charge in [0.25, 0.3) is 0 Å². The van der Waals surface area contributed by atoms with E-state index in [0.717, 1.165) is 10.8 Å². The van der Waals surface area contributed by atoms with Crippen LogP contribution >= 0.6 is 0 Å². The van der Waals surface area contributed by atoms with Crippen LogP contribution in [0, 0.1) is 6.92 Å². The molecule has 0 N–H and O–H groups in total. The van der Waals surface area contributed by atoms with Gasteiger partial charge in [0, 0.05) is 17.5 Å². The number of hydrogen-bond acceptors (Lipinski definition) is 6. The number of likely N-dealkylation sites (tertiary alicyclic amines) is 1. The second-order valence-electron chi connectivity index (χ2n) is 8.75. The highest BCUT2D eigenvalue weighted by atomic mass is 16.6. The molecule has 1 aliphatic rings. The summed E-state index contributed by atoms with van der Waals surface area (Å²) in [5, 5.41) is 2.04. The zero-order valence-electron chi connectivity index (χ0n) is 18.1. The van der Waals surface area contributed by atoms with Gasteiger partial charge in [0.15, 0.2) is 0 Å². The molecule has 4 rings (SSSR count). The summed E-state index contributed by atoms with van der Waals surface area (Å²) in [5.74, 6) is -0.235. The largest absolute Gasteiger partial charge is 0.444 e. The van der Waals surface area contributed by atoms with Crippen molar-refractivity contribution in [2.75, 3.05) is 6.54 Å². The molecule has 2 aromatic carbocycles. The van der Waals surface area contributed by atoms with Gasteiger partial charge in [0.1, 0.15) is 23.0 Å². The molecule has 0 bridgehead atoms. The van der Waals surface area contributed by atoms with Gasteiger partial charge in [0.2, 0.25) is 0 Å². The fourth-order valence-electron chi connectivity index (χ4n) is 3.90. The average Bonchev–Trinajstić information content (AvgIpc) is 3.20. The fourth-order valence-corrected chi connectivity index (χ4v) is 3.90. The Morgan fingerprint density at radius 3 is 2.48 bits per heavy atom. The molecule has 0 saturated carbocycles. The van der Waals surface area contributed by atoms with Gasteiger partial charge in [-0.1, -0.05) is 18.2 Å². The molecule has 7 nitrogen and oxygen atoms in total. The summed E-state index contributed by atoms with van der Waals surface area (Å²) in [7, 11) is 0. The predicted molar refractivity (Wildman–Crippen MR) is 116 cm³/mol. The molecular formula is C24H25NO6. The standard InChI is InChI=1S/C24H25NO6/c1-14-19(12-11-16-15-8-5-6-9-17(15)21(26)30-20(14)16)29-22(27)18-10-7-13-25(18)23(28)31-24(2,3)4/h5-6,8-9,11-12,18H,7,10,13H2,1-4H3/t18-/m1/s1. The molecule has 1 aliphatic heterocycles. The van der Waals surface area contributed by atoms with E-state index in [2.05, 4.69) is 0 Å². The maximum Gasteiger partial charge on any atom is 0.411 e. The van der Waals surface area contributed by atoms with Crippen molar-refractivity contribution in [3.05, 3.63) is 52.4 Å². The van der Waals surface area contributed by atoms with Gasteiger partial charge < -0.3 is 13.9 Å². The Kier molecular flexibility index (Phi) is 5.21. The summed E-state index contributed by atoms with van der Waals surface area (Å²) in [4.78, 5) is 39.2. The molecule has 31 heavy (non-hydrogen) atoms. The second kappa shape index (κ2) is 7.72. The molecule has 0 spiro atoms. The topological polar surface area (TPSA) is 86.1 Å². The van der Waals surface area contributed by atoms with Crippen LogP contribution in [0.4, 0.5) is 4.79 Å². The predicted octanol–water partition coefficient (Wildman–Crippen LogP) is 4.56. The number of fused-ring (bicyclic) bond motifs is 3. The van der Waals surface area contributed by atoms with Crippen LogP contribution in [0.15, 0.2) is 45.6 Å². The van der Waals surface area contributed by atoms with Crippen molar-refractivity contribution in [1.29, 1.82) is 0 Å². The van der Waals surface area contributed by atoms with Gasteiger partial charge in [-0.15, -0.1) is 0 Å². The number of hydrogen-bond donors (Lipinski definition) is 0. The maximum absolute atomic E-state index is 12.9. The van der Waals surface area contributed by atoms with E-state index in [1.54, 1.807) is 52.0 Å². The minimum atomic E-state index is -0.714. The van der Waals surface area contributed by atoms with E-state index in [-0.39, 0.29) is 0 Å². The number of ether oxygens (including phenoxy) is 2. The van der Waals surface area contributed by atoms with Gasteiger partial charge >= 0.3 is 17.7 Å². The van der Waals surface area contributed by atoms with Crippen LogP contribution in [0.2, 0.25) is 0 Å². The average molecular weight is 423 g/mol. The van der Waals surface area contributed by atoms with E-state index in [1.165, 1.54) is 4.90 Å². The summed E-state index contributed by atoms with van der Waals surface area (Å²) in [6.07, 6.45) is 0.667. The third-order valence-electron chi connectivity index (χ3n) is 5.35. The van der Waals surface area contributed by atoms with Crippen molar-refractivity contribution in [3.8, 4) is 5.75 Å². The third kappa shape index (κ3) is 4.00. The van der Waals surface area contributed by atoms with Crippen molar-refractivity contribution in [2.45, 2.75) is 52.2 Å². The summed E-state index contributed by atoms with van der Waals surface area (Å²) in [5.41, 5.74) is -0.162. The van der Waals surface area contributed by atoms with Gasteiger partial charge in [-0.3, -0.25) is 4.90 Å². The Morgan fingerprint density at radius 2 is 1.77 bits per heavy atom. The van der Waals surface area contributed by atoms with Crippen LogP contribution in [0.1, 0.15) is 39.2 Å². The molecule has 1 fully saturated rings. The highest BCUT2D eigenvalue weighted by molar-refractivity contribution is 6.05. The summed E-state index contributed by atoms with van der Waals surface area (Å²) >= 11 is 0. The number of carbonyl (C=O) groups is 2. The highest BCUT2D eigenvalue weighted by Gasteiger charge is 2.38. The van der Waals surface area contributed by atoms with Crippen molar-refractivity contribution < 1.29 is 23.5 Å². The first-order valence-corrected chi connectivity index (χ1v) is 10.3. The number of esters is 1. The Labute approximate surface area is 179 Å². The number of nitrogens with zero attached hydrogens (tertiary/aromatic N) is 1. The van der Waals surface area contributed by atoms with E-state index in [1.807, 2.05) is 12.1 Å². The van der Waals surface area contributed by atoms with Crippen LogP contribution in [-0.2, 0) is 9.53 Å². The van der Waals surface area contributed by atoms with Crippen LogP contribution in [0.25, 0.3) is 21.7 Å². The van der Waals surface area contributed by atoms with E-state index in [4.69, 9.17) is 13.9 Å². The minimum absolute atomic E-state index is 0.298. The lowest BCUT2D eigenvalue weighted by Gasteiger charge is -2.27. The number of aryl methyl sites for hydroxylation is 1. The summed E-state index contributed by atoms with van der Waals surface area (Å²) < 4.78 is 16.6. The molecule has 1 atom stereocenters.